The fourth-order valence-corrected chi connectivity index (χ4v) is 1.12. The summed E-state index contributed by atoms with van der Waals surface area (Å²) in [5.74, 6) is 0.0113. The van der Waals surface area contributed by atoms with Gasteiger partial charge in [-0.2, -0.15) is 0 Å². The fraction of sp³-hybridized carbons (Fsp3) is 0.364. The largest absolute Gasteiger partial charge is 0.465 e. The Hall–Kier alpha value is -1.75. The van der Waals surface area contributed by atoms with Crippen LogP contribution in [0.3, 0.4) is 0 Å². The molecule has 0 fully saturated rings. The Morgan fingerprint density at radius 1 is 1.44 bits per heavy atom. The zero-order valence-corrected chi connectivity index (χ0v) is 9.36. The van der Waals surface area contributed by atoms with Gasteiger partial charge >= 0.3 is 5.97 Å². The lowest BCUT2D eigenvalue weighted by Crippen LogP contribution is -2.07. The van der Waals surface area contributed by atoms with E-state index in [-0.39, 0.29) is 6.79 Å². The average molecular weight is 225 g/mol. The Labute approximate surface area is 94.1 Å². The molecule has 0 saturated carbocycles. The summed E-state index contributed by atoms with van der Waals surface area (Å²) in [6.45, 7) is 2.16. The Balaban J connectivity index is 2.84. The molecular weight excluding hydrogens is 210 g/mol. The van der Waals surface area contributed by atoms with Crippen LogP contribution in [0, 0.1) is 0 Å². The molecule has 0 aliphatic heterocycles. The highest BCUT2D eigenvalue weighted by Gasteiger charge is 2.09. The first-order chi connectivity index (χ1) is 7.69. The van der Waals surface area contributed by atoms with E-state index in [0.717, 1.165) is 0 Å². The molecule has 0 unspecified atom stereocenters. The van der Waals surface area contributed by atoms with Gasteiger partial charge in [0.1, 0.15) is 5.75 Å². The maximum atomic E-state index is 11.4. The van der Waals surface area contributed by atoms with E-state index in [0.29, 0.717) is 23.6 Å². The van der Waals surface area contributed by atoms with E-state index in [4.69, 9.17) is 19.9 Å². The van der Waals surface area contributed by atoms with Gasteiger partial charge < -0.3 is 19.9 Å². The molecule has 0 bridgehead atoms. The molecule has 5 nitrogen and oxygen atoms in total. The summed E-state index contributed by atoms with van der Waals surface area (Å²) in [7, 11) is 1.51. The molecule has 88 valence electrons. The van der Waals surface area contributed by atoms with E-state index in [1.165, 1.54) is 13.2 Å². The second-order valence-electron chi connectivity index (χ2n) is 3.02. The second-order valence-corrected chi connectivity index (χ2v) is 3.02. The van der Waals surface area contributed by atoms with E-state index < -0.39 is 5.97 Å². The van der Waals surface area contributed by atoms with E-state index in [9.17, 15) is 4.79 Å². The summed E-state index contributed by atoms with van der Waals surface area (Å²) >= 11 is 0. The van der Waals surface area contributed by atoms with Crippen molar-refractivity contribution in [2.75, 3.05) is 26.2 Å². The van der Waals surface area contributed by atoms with Crippen molar-refractivity contribution in [3.63, 3.8) is 0 Å². The lowest BCUT2D eigenvalue weighted by atomic mass is 10.2. The molecular formula is C11H15NO4. The first kappa shape index (κ1) is 12.3. The quantitative estimate of drug-likeness (QED) is 0.466. The summed E-state index contributed by atoms with van der Waals surface area (Å²) in [4.78, 5) is 11.4. The second kappa shape index (κ2) is 5.97. The van der Waals surface area contributed by atoms with Crippen LogP contribution in [0.15, 0.2) is 18.2 Å². The molecule has 0 saturated heterocycles. The zero-order chi connectivity index (χ0) is 12.0. The number of carbonyl (C=O) groups excluding carboxylic acids is 1. The third-order valence-corrected chi connectivity index (χ3v) is 1.86. The van der Waals surface area contributed by atoms with Crippen molar-refractivity contribution < 1.29 is 19.0 Å². The maximum Gasteiger partial charge on any atom is 0.338 e. The molecule has 1 rings (SSSR count). The van der Waals surface area contributed by atoms with Crippen LogP contribution in [0.2, 0.25) is 0 Å². The van der Waals surface area contributed by atoms with Crippen molar-refractivity contribution in [2.24, 2.45) is 0 Å². The number of carbonyl (C=O) groups is 1. The average Bonchev–Trinajstić information content (AvgIpc) is 2.28. The predicted octanol–water partition coefficient (Wildman–Crippen LogP) is 1.43. The zero-order valence-electron chi connectivity index (χ0n) is 9.36. The van der Waals surface area contributed by atoms with Crippen LogP contribution in [-0.2, 0) is 9.47 Å². The van der Waals surface area contributed by atoms with Gasteiger partial charge in [-0.1, -0.05) is 0 Å². The number of hydrogen-bond acceptors (Lipinski definition) is 5. The van der Waals surface area contributed by atoms with Gasteiger partial charge in [-0.15, -0.1) is 0 Å². The molecule has 5 heteroatoms. The van der Waals surface area contributed by atoms with Crippen LogP contribution < -0.4 is 10.5 Å². The Morgan fingerprint density at radius 2 is 2.19 bits per heavy atom. The van der Waals surface area contributed by atoms with Crippen LogP contribution in [0.1, 0.15) is 17.3 Å². The Bertz CT molecular complexity index is 365. The molecule has 16 heavy (non-hydrogen) atoms. The molecule has 0 aliphatic rings. The summed E-state index contributed by atoms with van der Waals surface area (Å²) in [6.07, 6.45) is 0. The third kappa shape index (κ3) is 3.13. The molecule has 0 spiro atoms. The van der Waals surface area contributed by atoms with Gasteiger partial charge in [0.2, 0.25) is 0 Å². The minimum absolute atomic E-state index is 0.0798. The van der Waals surface area contributed by atoms with Crippen molar-refractivity contribution >= 4 is 11.7 Å². The highest BCUT2D eigenvalue weighted by Crippen LogP contribution is 2.23. The third-order valence-electron chi connectivity index (χ3n) is 1.86. The van der Waals surface area contributed by atoms with Crippen molar-refractivity contribution in [3.8, 4) is 5.75 Å². The molecule has 0 radical (unpaired) electrons. The van der Waals surface area contributed by atoms with Gasteiger partial charge in [0, 0.05) is 7.11 Å². The number of ether oxygens (including phenoxy) is 3. The van der Waals surface area contributed by atoms with E-state index in [1.807, 2.05) is 0 Å². The topological polar surface area (TPSA) is 70.8 Å². The van der Waals surface area contributed by atoms with Crippen LogP contribution in [-0.4, -0.2) is 26.5 Å². The smallest absolute Gasteiger partial charge is 0.338 e. The minimum atomic E-state index is -0.398. The van der Waals surface area contributed by atoms with Gasteiger partial charge in [-0.25, -0.2) is 4.79 Å². The number of nitrogens with two attached hydrogens (primary N) is 1. The lowest BCUT2D eigenvalue weighted by molar-refractivity contribution is 0.0494. The molecule has 1 aromatic rings. The molecule has 0 aromatic heterocycles. The van der Waals surface area contributed by atoms with Crippen LogP contribution in [0.25, 0.3) is 0 Å². The molecule has 0 amide bonds. The summed E-state index contributed by atoms with van der Waals surface area (Å²) in [5.41, 5.74) is 6.53. The Kier molecular flexibility index (Phi) is 4.60. The molecule has 0 heterocycles. The standard InChI is InChI=1S/C11H15NO4/c1-3-15-11(13)8-4-5-9(12)10(6-8)16-7-14-2/h4-6H,3,7,12H2,1-2H3. The fourth-order valence-electron chi connectivity index (χ4n) is 1.12. The predicted molar refractivity (Wildman–Crippen MR) is 59.3 cm³/mol. The number of nitrogen functional groups attached to an aromatic ring is 1. The summed E-state index contributed by atoms with van der Waals surface area (Å²) < 4.78 is 14.8. The lowest BCUT2D eigenvalue weighted by Gasteiger charge is -2.09. The number of anilines is 1. The molecule has 0 aliphatic carbocycles. The van der Waals surface area contributed by atoms with Crippen LogP contribution >= 0.6 is 0 Å². The highest BCUT2D eigenvalue weighted by atomic mass is 16.7. The van der Waals surface area contributed by atoms with Crippen molar-refractivity contribution in [3.05, 3.63) is 23.8 Å². The normalized spacial score (nSPS) is 9.88. The molecule has 2 N–H and O–H groups in total. The van der Waals surface area contributed by atoms with Gasteiger partial charge in [0.05, 0.1) is 17.9 Å². The van der Waals surface area contributed by atoms with Crippen LogP contribution in [0.5, 0.6) is 5.75 Å². The van der Waals surface area contributed by atoms with Gasteiger partial charge in [-0.3, -0.25) is 0 Å². The highest BCUT2D eigenvalue weighted by molar-refractivity contribution is 5.90. The number of esters is 1. The number of rotatable bonds is 5. The van der Waals surface area contributed by atoms with Crippen molar-refractivity contribution in [1.82, 2.24) is 0 Å². The van der Waals surface area contributed by atoms with Gasteiger partial charge in [0.25, 0.3) is 0 Å². The SMILES string of the molecule is CCOC(=O)c1ccc(N)c(OCOC)c1. The first-order valence-electron chi connectivity index (χ1n) is 4.87. The number of methoxy groups -OCH3 is 1. The maximum absolute atomic E-state index is 11.4. The summed E-state index contributed by atoms with van der Waals surface area (Å²) in [5, 5.41) is 0. The van der Waals surface area contributed by atoms with E-state index >= 15 is 0 Å². The Morgan fingerprint density at radius 3 is 2.81 bits per heavy atom. The monoisotopic (exact) mass is 225 g/mol. The van der Waals surface area contributed by atoms with E-state index in [2.05, 4.69) is 0 Å². The number of hydrogen-bond donors (Lipinski definition) is 1. The summed E-state index contributed by atoms with van der Waals surface area (Å²) in [6, 6.07) is 4.72. The minimum Gasteiger partial charge on any atom is -0.465 e. The van der Waals surface area contributed by atoms with Crippen molar-refractivity contribution in [2.45, 2.75) is 6.92 Å². The van der Waals surface area contributed by atoms with Crippen LogP contribution in [0.4, 0.5) is 5.69 Å². The van der Waals surface area contributed by atoms with Crippen molar-refractivity contribution in [1.29, 1.82) is 0 Å². The molecule has 0 atom stereocenters. The van der Waals surface area contributed by atoms with Gasteiger partial charge in [-0.05, 0) is 25.1 Å². The van der Waals surface area contributed by atoms with Gasteiger partial charge in [0.15, 0.2) is 6.79 Å². The number of benzene rings is 1. The first-order valence-corrected chi connectivity index (χ1v) is 4.87. The molecule has 1 aromatic carbocycles. The van der Waals surface area contributed by atoms with E-state index in [1.54, 1.807) is 19.1 Å².